The highest BCUT2D eigenvalue weighted by Crippen LogP contribution is 2.34. The zero-order valence-electron chi connectivity index (χ0n) is 40.9. The molecule has 0 aliphatic carbocycles. The minimum atomic E-state index is -3.12. The third-order valence-corrected chi connectivity index (χ3v) is 10.3. The number of ether oxygens (including phenoxy) is 2. The van der Waals surface area contributed by atoms with Crippen molar-refractivity contribution in [3.05, 3.63) is 164 Å². The lowest BCUT2D eigenvalue weighted by Gasteiger charge is -2.19. The fourth-order valence-corrected chi connectivity index (χ4v) is 5.88. The maximum absolute atomic E-state index is 13.0. The Morgan fingerprint density at radius 2 is 0.855 bits per heavy atom. The van der Waals surface area contributed by atoms with Crippen molar-refractivity contribution in [1.29, 1.82) is 0 Å². The number of hydrogen-bond acceptors (Lipinski definition) is 2. The van der Waals surface area contributed by atoms with Gasteiger partial charge in [-0.05, 0) is 112 Å². The maximum Gasteiger partial charge on any atom is 0.387 e. The van der Waals surface area contributed by atoms with Gasteiger partial charge in [0.1, 0.15) is 17.4 Å². The van der Waals surface area contributed by atoms with E-state index in [-0.39, 0.29) is 39.5 Å². The maximum atomic E-state index is 13.0. The first-order valence-electron chi connectivity index (χ1n) is 21.8. The van der Waals surface area contributed by atoms with Crippen molar-refractivity contribution in [3.63, 3.8) is 0 Å². The van der Waals surface area contributed by atoms with Crippen LogP contribution in [0.2, 0.25) is 5.02 Å². The molecule has 5 aromatic rings. The van der Waals surface area contributed by atoms with Crippen LogP contribution in [-0.4, -0.2) is 13.2 Å². The van der Waals surface area contributed by atoms with Crippen LogP contribution in [0.4, 0.5) is 57.1 Å². The summed E-state index contributed by atoms with van der Waals surface area (Å²) in [5.41, 5.74) is 2.90. The van der Waals surface area contributed by atoms with Crippen LogP contribution in [0.1, 0.15) is 165 Å². The molecule has 0 amide bonds. The third kappa shape index (κ3) is 22.1. The van der Waals surface area contributed by atoms with E-state index < -0.39 is 65.8 Å². The standard InChI is InChI=1S/2C11H13F3.C11H14F2.C10H11ClF2O.C10H11F3O/c1-11(2,3)7-4-5-9(12)8(6-7)10(13)14;1-7(2)8-4-5-10(12)9(6-8)11(3,13)14;1-8(2)9-5-4-6-10(7-9)11(3,12)13;2*1-6(2)7-3-4-8(11)9(5-7)14-10(12)13/h4-6,10H,1-3H3;4-7H,1-3H3;4-8H,1-3H3;2*3-6,10H,1-2H3. The Labute approximate surface area is 403 Å². The van der Waals surface area contributed by atoms with E-state index in [4.69, 9.17) is 11.6 Å². The molecule has 5 aromatic carbocycles. The average molecular weight is 1010 g/mol. The first kappa shape index (κ1) is 62.1. The molecule has 2 nitrogen and oxygen atoms in total. The summed E-state index contributed by atoms with van der Waals surface area (Å²) in [6.07, 6.45) is -2.75. The van der Waals surface area contributed by atoms with Crippen molar-refractivity contribution < 1.29 is 66.5 Å². The molecule has 0 unspecified atom stereocenters. The quantitative estimate of drug-likeness (QED) is 0.123. The van der Waals surface area contributed by atoms with E-state index in [2.05, 4.69) is 9.47 Å². The van der Waals surface area contributed by atoms with E-state index in [0.717, 1.165) is 47.4 Å². The summed E-state index contributed by atoms with van der Waals surface area (Å²) in [6, 6.07) is 23.2. The monoisotopic (exact) mass is 1010 g/mol. The summed E-state index contributed by atoms with van der Waals surface area (Å²) in [5, 5.41) is 0.203. The molecule has 0 aliphatic rings. The lowest BCUT2D eigenvalue weighted by molar-refractivity contribution is -0.0524. The molecule has 384 valence electrons. The van der Waals surface area contributed by atoms with Gasteiger partial charge in [-0.2, -0.15) is 17.6 Å². The van der Waals surface area contributed by atoms with E-state index in [0.29, 0.717) is 18.4 Å². The molecule has 0 radical (unpaired) electrons. The summed E-state index contributed by atoms with van der Waals surface area (Å²) in [6.45, 7) is 16.9. The zero-order chi connectivity index (χ0) is 53.4. The Kier molecular flexibility index (Phi) is 24.7. The second kappa shape index (κ2) is 27.5. The van der Waals surface area contributed by atoms with Gasteiger partial charge in [-0.15, -0.1) is 0 Å². The average Bonchev–Trinajstić information content (AvgIpc) is 3.22. The van der Waals surface area contributed by atoms with Crippen LogP contribution < -0.4 is 9.47 Å². The molecule has 5 rings (SSSR count). The van der Waals surface area contributed by atoms with Crippen molar-refractivity contribution in [2.75, 3.05) is 0 Å². The smallest absolute Gasteiger partial charge is 0.387 e. The number of halogens is 14. The van der Waals surface area contributed by atoms with Gasteiger partial charge in [-0.1, -0.05) is 130 Å². The van der Waals surface area contributed by atoms with E-state index in [1.807, 2.05) is 82.2 Å². The first-order valence-corrected chi connectivity index (χ1v) is 22.2. The Morgan fingerprint density at radius 3 is 1.29 bits per heavy atom. The molecule has 0 aromatic heterocycles. The summed E-state index contributed by atoms with van der Waals surface area (Å²) >= 11 is 5.69. The predicted octanol–water partition coefficient (Wildman–Crippen LogP) is 19.7. The molecule has 0 atom stereocenters. The van der Waals surface area contributed by atoms with E-state index in [1.165, 1.54) is 30.3 Å². The molecule has 0 N–H and O–H groups in total. The summed E-state index contributed by atoms with van der Waals surface area (Å²) < 4.78 is 171. The Balaban J connectivity index is 0.000000431. The van der Waals surface area contributed by atoms with Crippen molar-refractivity contribution in [3.8, 4) is 11.5 Å². The van der Waals surface area contributed by atoms with Gasteiger partial charge in [0.15, 0.2) is 11.6 Å². The van der Waals surface area contributed by atoms with E-state index in [1.54, 1.807) is 42.5 Å². The van der Waals surface area contributed by atoms with Crippen molar-refractivity contribution in [1.82, 2.24) is 0 Å². The van der Waals surface area contributed by atoms with Crippen LogP contribution in [0.5, 0.6) is 11.5 Å². The summed E-state index contributed by atoms with van der Waals surface area (Å²) in [7, 11) is 0. The molecule has 0 bridgehead atoms. The van der Waals surface area contributed by atoms with Crippen LogP contribution in [0.15, 0.2) is 97.1 Å². The van der Waals surface area contributed by atoms with Crippen LogP contribution in [0.3, 0.4) is 0 Å². The van der Waals surface area contributed by atoms with Crippen molar-refractivity contribution in [2.45, 2.75) is 151 Å². The third-order valence-electron chi connectivity index (χ3n) is 9.96. The van der Waals surface area contributed by atoms with Crippen molar-refractivity contribution in [2.24, 2.45) is 0 Å². The lowest BCUT2D eigenvalue weighted by atomic mass is 9.86. The fourth-order valence-electron chi connectivity index (χ4n) is 5.72. The molecule has 0 heterocycles. The molecule has 0 fully saturated rings. The second-order valence-corrected chi connectivity index (χ2v) is 18.6. The highest BCUT2D eigenvalue weighted by Gasteiger charge is 2.29. The minimum Gasteiger partial charge on any atom is -0.433 e. The largest absolute Gasteiger partial charge is 0.433 e. The highest BCUT2D eigenvalue weighted by molar-refractivity contribution is 6.32. The van der Waals surface area contributed by atoms with Crippen molar-refractivity contribution >= 4 is 11.6 Å². The van der Waals surface area contributed by atoms with E-state index in [9.17, 15) is 57.1 Å². The fraction of sp³-hybridized carbons (Fsp3) is 0.434. The number of benzene rings is 5. The molecule has 0 saturated carbocycles. The Bertz CT molecular complexity index is 2250. The SMILES string of the molecule is CC(C)(C)c1ccc(F)c(C(F)F)c1.CC(C)c1ccc(Cl)c(OC(F)F)c1.CC(C)c1ccc(F)c(C(C)(F)F)c1.CC(C)c1ccc(F)c(OC(F)F)c1.CC(C)c1cccc(C(C)(F)F)c1. The number of hydrogen-bond donors (Lipinski definition) is 0. The number of alkyl halides is 10. The molecule has 0 spiro atoms. The van der Waals surface area contributed by atoms with Crippen LogP contribution in [-0.2, 0) is 17.3 Å². The molecule has 69 heavy (non-hydrogen) atoms. The van der Waals surface area contributed by atoms with Gasteiger partial charge < -0.3 is 9.47 Å². The van der Waals surface area contributed by atoms with Gasteiger partial charge in [0, 0.05) is 19.4 Å². The summed E-state index contributed by atoms with van der Waals surface area (Å²) in [5.74, 6) is -7.84. The first-order chi connectivity index (χ1) is 31.6. The summed E-state index contributed by atoms with van der Waals surface area (Å²) in [4.78, 5) is 0. The van der Waals surface area contributed by atoms with Gasteiger partial charge in [-0.3, -0.25) is 0 Å². The van der Waals surface area contributed by atoms with Crippen LogP contribution >= 0.6 is 11.6 Å². The Hall–Kier alpha value is -4.92. The molecule has 16 heteroatoms. The van der Waals surface area contributed by atoms with Gasteiger partial charge >= 0.3 is 13.2 Å². The van der Waals surface area contributed by atoms with Crippen LogP contribution in [0, 0.1) is 17.5 Å². The minimum absolute atomic E-state index is 0.0351. The highest BCUT2D eigenvalue weighted by atomic mass is 35.5. The topological polar surface area (TPSA) is 18.5 Å². The van der Waals surface area contributed by atoms with Gasteiger partial charge in [0.05, 0.1) is 16.1 Å². The van der Waals surface area contributed by atoms with Gasteiger partial charge in [-0.25, -0.2) is 39.5 Å². The number of rotatable bonds is 11. The van der Waals surface area contributed by atoms with Gasteiger partial charge in [0.25, 0.3) is 18.3 Å². The molecule has 0 saturated heterocycles. The van der Waals surface area contributed by atoms with Gasteiger partial charge in [0.2, 0.25) is 0 Å². The second-order valence-electron chi connectivity index (χ2n) is 18.2. The zero-order valence-corrected chi connectivity index (χ0v) is 41.6. The van der Waals surface area contributed by atoms with E-state index >= 15 is 0 Å². The van der Waals surface area contributed by atoms with Crippen LogP contribution in [0.25, 0.3) is 0 Å². The predicted molar refractivity (Wildman–Crippen MR) is 250 cm³/mol. The normalized spacial score (nSPS) is 11.7. The lowest BCUT2D eigenvalue weighted by Crippen LogP contribution is -2.11. The molecular weight excluding hydrogens is 951 g/mol. The Morgan fingerprint density at radius 1 is 0.435 bits per heavy atom. The molecule has 0 aliphatic heterocycles. The molecular formula is C53H62ClF13O2.